The average molecular weight is 1210 g/mol. The number of nitrogens with zero attached hydrogens (tertiary/aromatic N) is 7. The van der Waals surface area contributed by atoms with Crippen molar-refractivity contribution >= 4 is 71.1 Å². The molecule has 25 heteroatoms. The minimum Gasteiger partial charge on any atom is -0.493 e. The van der Waals surface area contributed by atoms with Crippen molar-refractivity contribution in [1.29, 1.82) is 0 Å². The number of carbonyl (C=O) groups is 6. The zero-order valence-electron chi connectivity index (χ0n) is 50.1. The van der Waals surface area contributed by atoms with Gasteiger partial charge in [0.25, 0.3) is 23.6 Å². The van der Waals surface area contributed by atoms with Gasteiger partial charge in [-0.15, -0.1) is 16.8 Å². The summed E-state index contributed by atoms with van der Waals surface area (Å²) < 4.78 is 52.4. The van der Waals surface area contributed by atoms with Gasteiger partial charge in [0, 0.05) is 87.0 Å². The second-order valence-electron chi connectivity index (χ2n) is 21.5. The molecular formula is C61H78N8O16S. The molecule has 1 aromatic heterocycles. The van der Waals surface area contributed by atoms with Gasteiger partial charge in [0.1, 0.15) is 25.6 Å². The van der Waals surface area contributed by atoms with E-state index in [4.69, 9.17) is 62.4 Å². The van der Waals surface area contributed by atoms with Crippen molar-refractivity contribution < 1.29 is 76.2 Å². The SMILES string of the molecule is C/C=C1\C[C@H]2C=Nc3cc(OCc4cc(OCCN(C)CC(C)(C)SCC(=O)NCCOCCOCCOCCOCCC(=O)ON5C(=O)CCC5=O)cc(COc5cc6c(cc5OC)C(=O)N5C/C(=C/C)C[C@H]5C=N6)n4)c(OC)cc3C(=O)N2C1. The summed E-state index contributed by atoms with van der Waals surface area (Å²) in [7, 11) is 5.06. The van der Waals surface area contributed by atoms with Crippen molar-refractivity contribution in [3.63, 3.8) is 0 Å². The molecular weight excluding hydrogens is 1130 g/mol. The lowest BCUT2D eigenvalue weighted by atomic mass is 10.1. The van der Waals surface area contributed by atoms with Gasteiger partial charge in [-0.2, -0.15) is 0 Å². The Morgan fingerprint density at radius 2 is 1.17 bits per heavy atom. The van der Waals surface area contributed by atoms with Gasteiger partial charge in [-0.3, -0.25) is 38.9 Å². The Hall–Kier alpha value is -7.42. The zero-order valence-corrected chi connectivity index (χ0v) is 50.9. The molecule has 5 aliphatic heterocycles. The molecule has 0 bridgehead atoms. The second kappa shape index (κ2) is 31.3. The highest BCUT2D eigenvalue weighted by Gasteiger charge is 2.37. The van der Waals surface area contributed by atoms with Crippen molar-refractivity contribution in [2.75, 3.05) is 119 Å². The summed E-state index contributed by atoms with van der Waals surface area (Å²) >= 11 is 1.55. The van der Waals surface area contributed by atoms with Crippen molar-refractivity contribution in [1.82, 2.24) is 30.1 Å². The van der Waals surface area contributed by atoms with Crippen LogP contribution >= 0.6 is 11.8 Å². The maximum absolute atomic E-state index is 13.8. The van der Waals surface area contributed by atoms with E-state index in [1.165, 1.54) is 25.4 Å². The third-order valence-electron chi connectivity index (χ3n) is 14.6. The van der Waals surface area contributed by atoms with Crippen LogP contribution in [0.3, 0.4) is 0 Å². The largest absolute Gasteiger partial charge is 0.493 e. The first-order chi connectivity index (χ1) is 41.5. The summed E-state index contributed by atoms with van der Waals surface area (Å²) in [6, 6.07) is 10.1. The number of fused-ring (bicyclic) bond motifs is 4. The first-order valence-electron chi connectivity index (χ1n) is 28.8. The van der Waals surface area contributed by atoms with Gasteiger partial charge < -0.3 is 67.5 Å². The Kier molecular flexibility index (Phi) is 23.5. The summed E-state index contributed by atoms with van der Waals surface area (Å²) in [4.78, 5) is 100. The number of aromatic nitrogens is 1. The molecule has 5 aliphatic rings. The van der Waals surface area contributed by atoms with Crippen LogP contribution in [0.15, 0.2) is 69.7 Å². The summed E-state index contributed by atoms with van der Waals surface area (Å²) in [5.41, 5.74) is 5.27. The molecule has 0 spiro atoms. The molecule has 2 aromatic carbocycles. The molecule has 0 saturated carbocycles. The lowest BCUT2D eigenvalue weighted by Crippen LogP contribution is -2.38. The van der Waals surface area contributed by atoms with Gasteiger partial charge in [0.15, 0.2) is 23.0 Å². The second-order valence-corrected chi connectivity index (χ2v) is 23.2. The number of hydrogen-bond donors (Lipinski definition) is 1. The van der Waals surface area contributed by atoms with E-state index in [0.717, 1.165) is 12.8 Å². The Morgan fingerprint density at radius 1 is 0.674 bits per heavy atom. The number of thioether (sulfide) groups is 1. The van der Waals surface area contributed by atoms with Gasteiger partial charge in [0.05, 0.1) is 125 Å². The van der Waals surface area contributed by atoms with Gasteiger partial charge in [-0.05, 0) is 59.7 Å². The highest BCUT2D eigenvalue weighted by molar-refractivity contribution is 8.01. The maximum Gasteiger partial charge on any atom is 0.335 e. The summed E-state index contributed by atoms with van der Waals surface area (Å²) in [5.74, 6) is 0.205. The lowest BCUT2D eigenvalue weighted by molar-refractivity contribution is -0.198. The summed E-state index contributed by atoms with van der Waals surface area (Å²) in [6.45, 7) is 13.5. The minimum atomic E-state index is -0.723. The number of methoxy groups -OCH3 is 2. The number of aliphatic imine (C=N–C) groups is 2. The Balaban J connectivity index is 0.779. The summed E-state index contributed by atoms with van der Waals surface area (Å²) in [5, 5.41) is 3.42. The minimum absolute atomic E-state index is 0.00442. The van der Waals surface area contributed by atoms with Crippen LogP contribution in [0.5, 0.6) is 28.7 Å². The number of nitrogens with one attached hydrogen (secondary N) is 1. The number of benzene rings is 2. The number of carbonyl (C=O) groups excluding carboxylic acids is 6. The van der Waals surface area contributed by atoms with Gasteiger partial charge >= 0.3 is 5.97 Å². The van der Waals surface area contributed by atoms with E-state index >= 15 is 0 Å². The third-order valence-corrected chi connectivity index (χ3v) is 15.9. The third kappa shape index (κ3) is 17.8. The fraction of sp³-hybridized carbons (Fsp3) is 0.525. The standard InChI is InChI=1S/C61H78N8O16S/c1-8-40-24-44-32-63-49-30-53(51(76-6)28-47(49)59(74)67(44)34-40)83-36-42-26-46(27-43(65-42)37-84-54-31-50-48(29-52(54)77-7)60(75)68-35-41(9-2)25-45(68)33-64-50)82-17-14-66(5)39-61(3,4)86-38-55(70)62-13-16-79-19-21-81-23-22-80-20-18-78-15-12-58(73)85-69-56(71)10-11-57(69)72/h8-9,26-33,44-45H,10-25,34-39H2,1-7H3,(H,62,70)/b40-8+,41-9+/t44-,45-/m0/s1. The van der Waals surface area contributed by atoms with Crippen molar-refractivity contribution in [3.8, 4) is 28.7 Å². The van der Waals surface area contributed by atoms with Crippen molar-refractivity contribution in [2.24, 2.45) is 9.98 Å². The number of imide groups is 1. The van der Waals surface area contributed by atoms with E-state index in [1.54, 1.807) is 36.0 Å². The Labute approximate surface area is 505 Å². The van der Waals surface area contributed by atoms with E-state index in [1.807, 2.05) is 55.3 Å². The predicted octanol–water partition coefficient (Wildman–Crippen LogP) is 6.01. The molecule has 3 saturated heterocycles. The quantitative estimate of drug-likeness (QED) is 0.0416. The smallest absolute Gasteiger partial charge is 0.335 e. The Morgan fingerprint density at radius 3 is 1.67 bits per heavy atom. The highest BCUT2D eigenvalue weighted by Crippen LogP contribution is 2.41. The average Bonchev–Trinajstić information content (AvgIpc) is 4.05. The van der Waals surface area contributed by atoms with E-state index in [2.05, 4.69) is 36.2 Å². The van der Waals surface area contributed by atoms with Crippen LogP contribution in [0.2, 0.25) is 0 Å². The number of hydroxylamine groups is 2. The molecule has 3 aromatic rings. The number of likely N-dealkylation sites (N-methyl/N-ethyl adjacent to an activating group) is 1. The van der Waals surface area contributed by atoms with Crippen molar-refractivity contribution in [2.45, 2.75) is 89.8 Å². The van der Waals surface area contributed by atoms with E-state index in [0.29, 0.717) is 147 Å². The molecule has 8 rings (SSSR count). The molecule has 86 heavy (non-hydrogen) atoms. The van der Waals surface area contributed by atoms with Crippen LogP contribution in [0.25, 0.3) is 0 Å². The van der Waals surface area contributed by atoms with Crippen LogP contribution in [0.1, 0.15) is 91.9 Å². The van der Waals surface area contributed by atoms with E-state index in [9.17, 15) is 28.8 Å². The molecule has 0 unspecified atom stereocenters. The number of pyridine rings is 1. The van der Waals surface area contributed by atoms with Crippen LogP contribution in [-0.2, 0) is 56.2 Å². The van der Waals surface area contributed by atoms with Crippen LogP contribution in [-0.4, -0.2) is 209 Å². The number of hydrogen-bond acceptors (Lipinski definition) is 21. The topological polar surface area (TPSA) is 257 Å². The molecule has 0 aliphatic carbocycles. The number of ether oxygens (including phenoxy) is 9. The lowest BCUT2D eigenvalue weighted by Gasteiger charge is -2.29. The van der Waals surface area contributed by atoms with Crippen LogP contribution in [0, 0.1) is 0 Å². The van der Waals surface area contributed by atoms with E-state index in [-0.39, 0.29) is 86.0 Å². The molecule has 1 N–H and O–H groups in total. The van der Waals surface area contributed by atoms with Crippen LogP contribution in [0.4, 0.5) is 11.4 Å². The fourth-order valence-corrected chi connectivity index (χ4v) is 11.0. The number of allylic oxidation sites excluding steroid dienone is 2. The predicted molar refractivity (Wildman–Crippen MR) is 319 cm³/mol. The first kappa shape index (κ1) is 64.6. The van der Waals surface area contributed by atoms with Crippen molar-refractivity contribution in [3.05, 3.63) is 82.2 Å². The van der Waals surface area contributed by atoms with Crippen LogP contribution < -0.4 is 29.0 Å². The first-order valence-corrected chi connectivity index (χ1v) is 29.8. The number of amides is 5. The fourth-order valence-electron chi connectivity index (χ4n) is 10.1. The van der Waals surface area contributed by atoms with Gasteiger partial charge in [0.2, 0.25) is 5.91 Å². The highest BCUT2D eigenvalue weighted by atomic mass is 32.2. The zero-order chi connectivity index (χ0) is 61.2. The van der Waals surface area contributed by atoms with Gasteiger partial charge in [-0.1, -0.05) is 23.3 Å². The van der Waals surface area contributed by atoms with E-state index < -0.39 is 17.8 Å². The molecule has 6 heterocycles. The molecule has 24 nitrogen and oxygen atoms in total. The summed E-state index contributed by atoms with van der Waals surface area (Å²) in [6.07, 6.45) is 9.18. The molecule has 464 valence electrons. The van der Waals surface area contributed by atoms with Gasteiger partial charge in [-0.25, -0.2) is 4.79 Å². The number of rotatable bonds is 33. The molecule has 5 amide bonds. The molecule has 2 atom stereocenters. The monoisotopic (exact) mass is 1210 g/mol. The maximum atomic E-state index is 13.8. The molecule has 3 fully saturated rings. The normalized spacial score (nSPS) is 18.1. The molecule has 0 radical (unpaired) electrons. The Bertz CT molecular complexity index is 2910.